The normalized spacial score (nSPS) is 13.2. The van der Waals surface area contributed by atoms with Crippen molar-refractivity contribution in [2.24, 2.45) is 0 Å². The summed E-state index contributed by atoms with van der Waals surface area (Å²) in [7, 11) is 0. The maximum atomic E-state index is 12.1. The van der Waals surface area contributed by atoms with Gasteiger partial charge in [0.2, 0.25) is 5.88 Å². The highest BCUT2D eigenvalue weighted by molar-refractivity contribution is 5.22. The molecule has 90 valence electrons. The molecular weight excluding hydrogens is 230 g/mol. The van der Waals surface area contributed by atoms with Crippen molar-refractivity contribution < 1.29 is 27.4 Å². The van der Waals surface area contributed by atoms with Crippen LogP contribution in [0.15, 0.2) is 18.3 Å². The molecule has 0 bridgehead atoms. The highest BCUT2D eigenvalue weighted by Gasteiger charge is 2.19. The second-order valence-electron chi connectivity index (χ2n) is 2.91. The Hall–Kier alpha value is -1.37. The molecule has 0 fully saturated rings. The first-order valence-corrected chi connectivity index (χ1v) is 4.34. The molecule has 0 aliphatic rings. The number of halogens is 4. The van der Waals surface area contributed by atoms with Gasteiger partial charge in [0.1, 0.15) is 6.10 Å². The average Bonchev–Trinajstić information content (AvgIpc) is 2.25. The van der Waals surface area contributed by atoms with Gasteiger partial charge >= 0.3 is 0 Å². The van der Waals surface area contributed by atoms with Crippen LogP contribution in [0.2, 0.25) is 0 Å². The monoisotopic (exact) mass is 239 g/mol. The van der Waals surface area contributed by atoms with Crippen molar-refractivity contribution in [2.75, 3.05) is 6.61 Å². The van der Waals surface area contributed by atoms with Gasteiger partial charge in [0.25, 0.3) is 12.9 Å². The fourth-order valence-corrected chi connectivity index (χ4v) is 0.982. The van der Waals surface area contributed by atoms with Crippen LogP contribution in [0.3, 0.4) is 0 Å². The molecule has 0 radical (unpaired) electrons. The number of ether oxygens (including phenoxy) is 1. The largest absolute Gasteiger partial charge is 0.472 e. The van der Waals surface area contributed by atoms with E-state index in [-0.39, 0.29) is 11.4 Å². The smallest absolute Gasteiger partial charge is 0.272 e. The van der Waals surface area contributed by atoms with Crippen LogP contribution in [0.4, 0.5) is 17.6 Å². The molecule has 1 heterocycles. The Labute approximate surface area is 88.7 Å². The van der Waals surface area contributed by atoms with Crippen LogP contribution in [0, 0.1) is 0 Å². The lowest BCUT2D eigenvalue weighted by atomic mass is 10.1. The minimum atomic E-state index is -2.95. The summed E-state index contributed by atoms with van der Waals surface area (Å²) in [5.74, 6) is -0.225. The highest BCUT2D eigenvalue weighted by atomic mass is 19.3. The molecule has 1 unspecified atom stereocenters. The van der Waals surface area contributed by atoms with Crippen molar-refractivity contribution >= 4 is 0 Å². The third-order valence-electron chi connectivity index (χ3n) is 1.70. The summed E-state index contributed by atoms with van der Waals surface area (Å²) >= 11 is 0. The van der Waals surface area contributed by atoms with E-state index in [9.17, 15) is 17.6 Å². The zero-order chi connectivity index (χ0) is 12.1. The second-order valence-corrected chi connectivity index (χ2v) is 2.91. The van der Waals surface area contributed by atoms with Gasteiger partial charge in [-0.3, -0.25) is 0 Å². The number of pyridine rings is 1. The summed E-state index contributed by atoms with van der Waals surface area (Å²) in [5, 5.41) is 9.02. The number of hydrogen-bond acceptors (Lipinski definition) is 3. The van der Waals surface area contributed by atoms with Crippen LogP contribution >= 0.6 is 0 Å². The Bertz CT molecular complexity index is 335. The summed E-state index contributed by atoms with van der Waals surface area (Å²) < 4.78 is 52.3. The molecule has 0 spiro atoms. The maximum Gasteiger partial charge on any atom is 0.272 e. The number of alkyl halides is 4. The van der Waals surface area contributed by atoms with Gasteiger partial charge in [-0.1, -0.05) is 0 Å². The van der Waals surface area contributed by atoms with E-state index in [0.29, 0.717) is 0 Å². The summed E-state index contributed by atoms with van der Waals surface area (Å²) in [5.41, 5.74) is -0.130. The van der Waals surface area contributed by atoms with Crippen LogP contribution in [0.25, 0.3) is 0 Å². The molecule has 16 heavy (non-hydrogen) atoms. The number of aliphatic hydroxyl groups is 1. The lowest BCUT2D eigenvalue weighted by Gasteiger charge is -2.11. The molecule has 0 saturated heterocycles. The number of nitrogens with zero attached hydrogens (tertiary/aromatic N) is 1. The molecule has 0 aromatic carbocycles. The first kappa shape index (κ1) is 12.7. The SMILES string of the molecule is OC(c1ccnc(OCC(F)F)c1)C(F)F. The standard InChI is InChI=1S/C9H9F4NO2/c10-6(11)4-16-7-3-5(1-2-14-7)8(15)9(12)13/h1-3,6,8-9,15H,4H2. The van der Waals surface area contributed by atoms with Crippen molar-refractivity contribution in [1.29, 1.82) is 0 Å². The Morgan fingerprint density at radius 2 is 2.00 bits per heavy atom. The van der Waals surface area contributed by atoms with Gasteiger partial charge in [0, 0.05) is 12.3 Å². The van der Waals surface area contributed by atoms with Crippen molar-refractivity contribution in [2.45, 2.75) is 19.0 Å². The van der Waals surface area contributed by atoms with E-state index in [1.54, 1.807) is 0 Å². The zero-order valence-electron chi connectivity index (χ0n) is 7.99. The zero-order valence-corrected chi connectivity index (χ0v) is 7.99. The van der Waals surface area contributed by atoms with Crippen molar-refractivity contribution in [3.05, 3.63) is 23.9 Å². The maximum absolute atomic E-state index is 12.1. The molecule has 0 aliphatic carbocycles. The Morgan fingerprint density at radius 1 is 1.31 bits per heavy atom. The number of aromatic nitrogens is 1. The van der Waals surface area contributed by atoms with Crippen molar-refractivity contribution in [3.63, 3.8) is 0 Å². The van der Waals surface area contributed by atoms with Crippen molar-refractivity contribution in [1.82, 2.24) is 4.98 Å². The summed E-state index contributed by atoms with van der Waals surface area (Å²) in [6, 6.07) is 2.16. The van der Waals surface area contributed by atoms with E-state index in [0.717, 1.165) is 18.3 Å². The van der Waals surface area contributed by atoms with Crippen LogP contribution in [0.5, 0.6) is 5.88 Å². The first-order valence-electron chi connectivity index (χ1n) is 4.34. The summed E-state index contributed by atoms with van der Waals surface area (Å²) in [6.07, 6.45) is -6.51. The fraction of sp³-hybridized carbons (Fsp3) is 0.444. The number of hydrogen-bond donors (Lipinski definition) is 1. The predicted molar refractivity (Wildman–Crippen MR) is 46.7 cm³/mol. The lowest BCUT2D eigenvalue weighted by Crippen LogP contribution is -2.10. The second kappa shape index (κ2) is 5.64. The van der Waals surface area contributed by atoms with Gasteiger partial charge in [0.15, 0.2) is 6.61 Å². The molecule has 1 N–H and O–H groups in total. The quantitative estimate of drug-likeness (QED) is 0.799. The molecule has 3 nitrogen and oxygen atoms in total. The molecule has 0 amide bonds. The third kappa shape index (κ3) is 3.65. The van der Waals surface area contributed by atoms with E-state index in [4.69, 9.17) is 5.11 Å². The van der Waals surface area contributed by atoms with Gasteiger partial charge < -0.3 is 9.84 Å². The van der Waals surface area contributed by atoms with E-state index in [1.807, 2.05) is 0 Å². The van der Waals surface area contributed by atoms with E-state index in [2.05, 4.69) is 9.72 Å². The van der Waals surface area contributed by atoms with E-state index in [1.165, 1.54) is 0 Å². The Kier molecular flexibility index (Phi) is 4.48. The fourth-order valence-electron chi connectivity index (χ4n) is 0.982. The van der Waals surface area contributed by atoms with Crippen LogP contribution in [-0.2, 0) is 0 Å². The van der Waals surface area contributed by atoms with Gasteiger partial charge in [-0.05, 0) is 11.6 Å². The van der Waals surface area contributed by atoms with E-state index >= 15 is 0 Å². The van der Waals surface area contributed by atoms with Crippen LogP contribution in [0.1, 0.15) is 11.7 Å². The van der Waals surface area contributed by atoms with Gasteiger partial charge in [0.05, 0.1) is 0 Å². The number of rotatable bonds is 5. The summed E-state index contributed by atoms with van der Waals surface area (Å²) in [6.45, 7) is -0.874. The molecule has 7 heteroatoms. The molecule has 1 rings (SSSR count). The Balaban J connectivity index is 2.71. The van der Waals surface area contributed by atoms with Gasteiger partial charge in [-0.2, -0.15) is 0 Å². The minimum absolute atomic E-state index is 0.130. The third-order valence-corrected chi connectivity index (χ3v) is 1.70. The molecule has 1 aromatic rings. The number of aliphatic hydroxyl groups excluding tert-OH is 1. The van der Waals surface area contributed by atoms with Crippen LogP contribution in [-0.4, -0.2) is 29.5 Å². The molecule has 0 aliphatic heterocycles. The predicted octanol–water partition coefficient (Wildman–Crippen LogP) is 2.02. The van der Waals surface area contributed by atoms with Crippen molar-refractivity contribution in [3.8, 4) is 5.88 Å². The lowest BCUT2D eigenvalue weighted by molar-refractivity contribution is -0.00604. The minimum Gasteiger partial charge on any atom is -0.472 e. The van der Waals surface area contributed by atoms with Crippen LogP contribution < -0.4 is 4.74 Å². The molecule has 1 atom stereocenters. The molecule has 1 aromatic heterocycles. The van der Waals surface area contributed by atoms with Gasteiger partial charge in [-0.15, -0.1) is 0 Å². The summed E-state index contributed by atoms with van der Waals surface area (Å²) in [4.78, 5) is 3.54. The molecular formula is C9H9F4NO2. The Morgan fingerprint density at radius 3 is 2.56 bits per heavy atom. The first-order chi connectivity index (χ1) is 7.50. The van der Waals surface area contributed by atoms with E-state index < -0.39 is 25.6 Å². The topological polar surface area (TPSA) is 42.4 Å². The average molecular weight is 239 g/mol. The van der Waals surface area contributed by atoms with Gasteiger partial charge in [-0.25, -0.2) is 22.5 Å². The molecule has 0 saturated carbocycles. The highest BCUT2D eigenvalue weighted by Crippen LogP contribution is 2.22.